The molecule has 0 fully saturated rings. The van der Waals surface area contributed by atoms with Gasteiger partial charge in [0.05, 0.1) is 23.3 Å². The molecule has 0 bridgehead atoms. The third-order valence-electron chi connectivity index (χ3n) is 6.72. The van der Waals surface area contributed by atoms with Crippen molar-refractivity contribution in [2.45, 2.75) is 6.42 Å². The first-order chi connectivity index (χ1) is 18.3. The smallest absolute Gasteiger partial charge is 0.258 e. The van der Waals surface area contributed by atoms with Crippen molar-refractivity contribution < 1.29 is 9.13 Å². The number of rotatable bonds is 6. The first kappa shape index (κ1) is 25.3. The Hall–Kier alpha value is -4.36. The molecular formula is C30H26ClFN4O2. The van der Waals surface area contributed by atoms with Crippen LogP contribution in [-0.4, -0.2) is 23.7 Å². The number of nitrogens with zero attached hydrogens (tertiary/aromatic N) is 3. The summed E-state index contributed by atoms with van der Waals surface area (Å²) in [6.45, 7) is 0. The second-order valence-electron chi connectivity index (χ2n) is 9.09. The molecule has 2 heterocycles. The van der Waals surface area contributed by atoms with Gasteiger partial charge >= 0.3 is 0 Å². The van der Waals surface area contributed by atoms with Crippen LogP contribution in [0.3, 0.4) is 0 Å². The summed E-state index contributed by atoms with van der Waals surface area (Å²) in [6, 6.07) is 22.3. The van der Waals surface area contributed by atoms with Gasteiger partial charge in [0.25, 0.3) is 5.56 Å². The minimum absolute atomic E-state index is 0.0741. The monoisotopic (exact) mass is 528 g/mol. The normalized spacial score (nSPS) is 11.1. The van der Waals surface area contributed by atoms with Crippen LogP contribution < -0.4 is 20.9 Å². The maximum absolute atomic E-state index is 13.8. The molecule has 0 atom stereocenters. The van der Waals surface area contributed by atoms with E-state index >= 15 is 0 Å². The SMILES string of the molecule is COc1ccc(Cc2ccccc2N(C)c2cc3c(cn2)cc(-c2cc(N)c(F)cc2Cl)c(=O)n3C)cc1. The van der Waals surface area contributed by atoms with Crippen LogP contribution in [0.5, 0.6) is 5.75 Å². The van der Waals surface area contributed by atoms with Gasteiger partial charge in [-0.15, -0.1) is 0 Å². The van der Waals surface area contributed by atoms with Gasteiger partial charge in [-0.05, 0) is 53.9 Å². The largest absolute Gasteiger partial charge is 0.497 e. The average Bonchev–Trinajstić information content (AvgIpc) is 2.93. The quantitative estimate of drug-likeness (QED) is 0.260. The van der Waals surface area contributed by atoms with Crippen LogP contribution in [0.1, 0.15) is 11.1 Å². The predicted octanol–water partition coefficient (Wildman–Crippen LogP) is 6.34. The molecule has 0 saturated carbocycles. The Labute approximate surface area is 224 Å². The first-order valence-corrected chi connectivity index (χ1v) is 12.3. The molecule has 0 spiro atoms. The lowest BCUT2D eigenvalue weighted by atomic mass is 10.0. The molecule has 2 aromatic heterocycles. The van der Waals surface area contributed by atoms with Gasteiger partial charge in [-0.2, -0.15) is 0 Å². The fourth-order valence-corrected chi connectivity index (χ4v) is 4.83. The number of anilines is 3. The van der Waals surface area contributed by atoms with Crippen LogP contribution in [0, 0.1) is 5.82 Å². The van der Waals surface area contributed by atoms with Crippen molar-refractivity contribution in [3.63, 3.8) is 0 Å². The standard InChI is InChI=1S/C30H26ClFN4O2/c1-35(27-7-5-4-6-19(27)12-18-8-10-21(38-3)11-9-18)29-16-28-20(17-34-29)13-23(30(37)36(28)2)22-14-26(33)25(32)15-24(22)31/h4-11,13-17H,12,33H2,1-3H3. The van der Waals surface area contributed by atoms with Crippen molar-refractivity contribution in [2.75, 3.05) is 24.8 Å². The lowest BCUT2D eigenvalue weighted by molar-refractivity contribution is 0.414. The molecule has 5 aromatic rings. The fourth-order valence-electron chi connectivity index (χ4n) is 4.58. The maximum Gasteiger partial charge on any atom is 0.258 e. The Balaban J connectivity index is 1.53. The predicted molar refractivity (Wildman–Crippen MR) is 152 cm³/mol. The van der Waals surface area contributed by atoms with E-state index in [0.717, 1.165) is 40.4 Å². The summed E-state index contributed by atoms with van der Waals surface area (Å²) in [5.74, 6) is 0.878. The highest BCUT2D eigenvalue weighted by atomic mass is 35.5. The van der Waals surface area contributed by atoms with Crippen LogP contribution in [0.4, 0.5) is 21.6 Å². The molecule has 5 rings (SSSR count). The highest BCUT2D eigenvalue weighted by Crippen LogP contribution is 2.33. The molecule has 0 unspecified atom stereocenters. The van der Waals surface area contributed by atoms with Gasteiger partial charge in [-0.3, -0.25) is 4.79 Å². The minimum Gasteiger partial charge on any atom is -0.497 e. The number of hydrogen-bond acceptors (Lipinski definition) is 5. The molecular weight excluding hydrogens is 503 g/mol. The van der Waals surface area contributed by atoms with E-state index in [4.69, 9.17) is 27.1 Å². The zero-order valence-electron chi connectivity index (χ0n) is 21.2. The van der Waals surface area contributed by atoms with Crippen LogP contribution in [0.2, 0.25) is 5.02 Å². The Morgan fingerprint density at radius 2 is 1.79 bits per heavy atom. The van der Waals surface area contributed by atoms with Crippen molar-refractivity contribution in [1.82, 2.24) is 9.55 Å². The number of aromatic nitrogens is 2. The van der Waals surface area contributed by atoms with Crippen LogP contribution in [0.25, 0.3) is 22.0 Å². The van der Waals surface area contributed by atoms with E-state index in [1.54, 1.807) is 31.0 Å². The first-order valence-electron chi connectivity index (χ1n) is 12.0. The molecule has 2 N–H and O–H groups in total. The average molecular weight is 529 g/mol. The number of hydrogen-bond donors (Lipinski definition) is 1. The number of methoxy groups -OCH3 is 1. The molecule has 192 valence electrons. The lowest BCUT2D eigenvalue weighted by Crippen LogP contribution is -2.20. The maximum atomic E-state index is 13.8. The number of ether oxygens (including phenoxy) is 1. The topological polar surface area (TPSA) is 73.4 Å². The van der Waals surface area contributed by atoms with E-state index in [-0.39, 0.29) is 16.3 Å². The summed E-state index contributed by atoms with van der Waals surface area (Å²) >= 11 is 6.26. The van der Waals surface area contributed by atoms with Crippen molar-refractivity contribution in [3.8, 4) is 16.9 Å². The zero-order chi connectivity index (χ0) is 27.0. The zero-order valence-corrected chi connectivity index (χ0v) is 22.0. The third kappa shape index (κ3) is 4.68. The third-order valence-corrected chi connectivity index (χ3v) is 7.03. The van der Waals surface area contributed by atoms with E-state index in [0.29, 0.717) is 22.5 Å². The lowest BCUT2D eigenvalue weighted by Gasteiger charge is -2.22. The van der Waals surface area contributed by atoms with Gasteiger partial charge < -0.3 is 19.9 Å². The number of benzene rings is 3. The number of pyridine rings is 2. The molecule has 0 amide bonds. The van der Waals surface area contributed by atoms with E-state index in [9.17, 15) is 9.18 Å². The minimum atomic E-state index is -0.627. The van der Waals surface area contributed by atoms with E-state index in [1.807, 2.05) is 48.3 Å². The molecule has 0 aliphatic carbocycles. The Morgan fingerprint density at radius 1 is 1.05 bits per heavy atom. The number of fused-ring (bicyclic) bond motifs is 1. The molecule has 0 radical (unpaired) electrons. The second-order valence-corrected chi connectivity index (χ2v) is 9.50. The molecule has 6 nitrogen and oxygen atoms in total. The summed E-state index contributed by atoms with van der Waals surface area (Å²) in [4.78, 5) is 20.0. The molecule has 38 heavy (non-hydrogen) atoms. The van der Waals surface area contributed by atoms with Gasteiger partial charge in [0.15, 0.2) is 0 Å². The Kier molecular flexibility index (Phi) is 6.78. The highest BCUT2D eigenvalue weighted by Gasteiger charge is 2.17. The molecule has 0 saturated heterocycles. The summed E-state index contributed by atoms with van der Waals surface area (Å²) < 4.78 is 20.7. The summed E-state index contributed by atoms with van der Waals surface area (Å²) in [5.41, 5.74) is 10.1. The molecule has 8 heteroatoms. The van der Waals surface area contributed by atoms with E-state index in [2.05, 4.69) is 18.2 Å². The van der Waals surface area contributed by atoms with Crippen molar-refractivity contribution in [3.05, 3.63) is 111 Å². The van der Waals surface area contributed by atoms with Gasteiger partial charge in [0, 0.05) is 48.6 Å². The van der Waals surface area contributed by atoms with Crippen molar-refractivity contribution in [1.29, 1.82) is 0 Å². The van der Waals surface area contributed by atoms with Gasteiger partial charge in [-0.1, -0.05) is 41.9 Å². The van der Waals surface area contributed by atoms with Crippen molar-refractivity contribution in [2.24, 2.45) is 7.05 Å². The summed E-state index contributed by atoms with van der Waals surface area (Å²) in [6.07, 6.45) is 2.46. The summed E-state index contributed by atoms with van der Waals surface area (Å²) in [7, 11) is 5.30. The number of para-hydroxylation sites is 1. The Morgan fingerprint density at radius 3 is 2.53 bits per heavy atom. The highest BCUT2D eigenvalue weighted by molar-refractivity contribution is 6.33. The molecule has 0 aliphatic rings. The number of halogens is 2. The second kappa shape index (κ2) is 10.2. The van der Waals surface area contributed by atoms with Gasteiger partial charge in [0.2, 0.25) is 0 Å². The van der Waals surface area contributed by atoms with Crippen LogP contribution in [0.15, 0.2) is 83.8 Å². The summed E-state index contributed by atoms with van der Waals surface area (Å²) in [5, 5.41) is 0.857. The van der Waals surface area contributed by atoms with Gasteiger partial charge in [-0.25, -0.2) is 9.37 Å². The van der Waals surface area contributed by atoms with E-state index < -0.39 is 5.82 Å². The fraction of sp³-hybridized carbons (Fsp3) is 0.133. The Bertz CT molecular complexity index is 1720. The van der Waals surface area contributed by atoms with Crippen molar-refractivity contribution >= 4 is 39.7 Å². The molecule has 0 aliphatic heterocycles. The van der Waals surface area contributed by atoms with Crippen LogP contribution >= 0.6 is 11.6 Å². The van der Waals surface area contributed by atoms with Crippen LogP contribution in [-0.2, 0) is 13.5 Å². The number of aryl methyl sites for hydroxylation is 1. The number of nitrogen functional groups attached to an aromatic ring is 1. The number of nitrogens with two attached hydrogens (primary N) is 1. The van der Waals surface area contributed by atoms with Gasteiger partial charge in [0.1, 0.15) is 17.4 Å². The molecule has 3 aromatic carbocycles. The van der Waals surface area contributed by atoms with E-state index in [1.165, 1.54) is 6.07 Å².